The lowest BCUT2D eigenvalue weighted by molar-refractivity contribution is -0.119. The quantitative estimate of drug-likeness (QED) is 0.549. The van der Waals surface area contributed by atoms with Crippen LogP contribution in [0.5, 0.6) is 0 Å². The lowest BCUT2D eigenvalue weighted by Crippen LogP contribution is -2.24. The minimum atomic E-state index is -3.92. The van der Waals surface area contributed by atoms with Crippen LogP contribution in [0, 0.1) is 0 Å². The standard InChI is InChI=1S/C19H19N5O5S/c1-13(24-12-20-11-21-24)18(25)22-15-6-8-16(9-7-15)23-30(27,28)17-5-3-4-14(10-17)19(26)29-2/h3-13,23H,1-2H3,(H,22,25)/t13-/m1/s1. The number of rotatable bonds is 7. The molecular formula is C19H19N5O5S. The topological polar surface area (TPSA) is 132 Å². The molecule has 156 valence electrons. The molecule has 0 bridgehead atoms. The number of hydrogen-bond acceptors (Lipinski definition) is 7. The van der Waals surface area contributed by atoms with Gasteiger partial charge < -0.3 is 10.1 Å². The van der Waals surface area contributed by atoms with Gasteiger partial charge in [0, 0.05) is 11.4 Å². The third-order valence-corrected chi connectivity index (χ3v) is 5.56. The van der Waals surface area contributed by atoms with E-state index in [1.165, 1.54) is 60.8 Å². The summed E-state index contributed by atoms with van der Waals surface area (Å²) in [6, 6.07) is 11.1. The lowest BCUT2D eigenvalue weighted by atomic mass is 10.2. The summed E-state index contributed by atoms with van der Waals surface area (Å²) >= 11 is 0. The van der Waals surface area contributed by atoms with Gasteiger partial charge in [-0.3, -0.25) is 9.52 Å². The normalized spacial score (nSPS) is 12.1. The Bertz CT molecular complexity index is 1140. The molecule has 0 unspecified atom stereocenters. The molecule has 1 heterocycles. The Morgan fingerprint density at radius 1 is 1.10 bits per heavy atom. The number of aromatic nitrogens is 3. The molecule has 1 aromatic heterocycles. The molecule has 11 heteroatoms. The van der Waals surface area contributed by atoms with Gasteiger partial charge in [-0.15, -0.1) is 0 Å². The van der Waals surface area contributed by atoms with Crippen LogP contribution in [0.2, 0.25) is 0 Å². The number of esters is 1. The SMILES string of the molecule is COC(=O)c1cccc(S(=O)(=O)Nc2ccc(NC(=O)[C@@H](C)n3cncn3)cc2)c1. The van der Waals surface area contributed by atoms with E-state index in [4.69, 9.17) is 0 Å². The predicted molar refractivity (Wildman–Crippen MR) is 108 cm³/mol. The maximum absolute atomic E-state index is 12.6. The van der Waals surface area contributed by atoms with Gasteiger partial charge in [-0.2, -0.15) is 5.10 Å². The number of amides is 1. The van der Waals surface area contributed by atoms with Crippen LogP contribution in [0.3, 0.4) is 0 Å². The fraction of sp³-hybridized carbons (Fsp3) is 0.158. The van der Waals surface area contributed by atoms with Crippen molar-refractivity contribution in [1.29, 1.82) is 0 Å². The number of anilines is 2. The van der Waals surface area contributed by atoms with Crippen molar-refractivity contribution in [3.05, 3.63) is 66.7 Å². The average Bonchev–Trinajstić information content (AvgIpc) is 3.28. The molecule has 2 N–H and O–H groups in total. The summed E-state index contributed by atoms with van der Waals surface area (Å²) in [5.41, 5.74) is 0.906. The molecule has 0 spiro atoms. The van der Waals surface area contributed by atoms with Gasteiger partial charge in [0.05, 0.1) is 17.6 Å². The fourth-order valence-electron chi connectivity index (χ4n) is 2.53. The number of carbonyl (C=O) groups is 2. The highest BCUT2D eigenvalue weighted by atomic mass is 32.2. The van der Waals surface area contributed by atoms with E-state index in [0.717, 1.165) is 0 Å². The summed E-state index contributed by atoms with van der Waals surface area (Å²) < 4.78 is 33.7. The molecule has 0 saturated carbocycles. The first-order valence-electron chi connectivity index (χ1n) is 8.76. The second kappa shape index (κ2) is 8.74. The highest BCUT2D eigenvalue weighted by Crippen LogP contribution is 2.20. The number of ether oxygens (including phenoxy) is 1. The Balaban J connectivity index is 1.69. The molecule has 0 saturated heterocycles. The van der Waals surface area contributed by atoms with Crippen molar-refractivity contribution >= 4 is 33.3 Å². The Hall–Kier alpha value is -3.73. The van der Waals surface area contributed by atoms with Crippen LogP contribution < -0.4 is 10.0 Å². The van der Waals surface area contributed by atoms with Gasteiger partial charge in [0.2, 0.25) is 5.91 Å². The second-order valence-electron chi connectivity index (χ2n) is 6.24. The Morgan fingerprint density at radius 3 is 2.43 bits per heavy atom. The summed E-state index contributed by atoms with van der Waals surface area (Å²) in [6.07, 6.45) is 2.78. The number of benzene rings is 2. The van der Waals surface area contributed by atoms with Gasteiger partial charge in [-0.25, -0.2) is 22.9 Å². The zero-order chi connectivity index (χ0) is 21.7. The van der Waals surface area contributed by atoms with Gasteiger partial charge in [0.25, 0.3) is 10.0 Å². The maximum Gasteiger partial charge on any atom is 0.337 e. The first-order valence-corrected chi connectivity index (χ1v) is 10.2. The summed E-state index contributed by atoms with van der Waals surface area (Å²) in [4.78, 5) is 27.6. The molecule has 0 aliphatic rings. The molecule has 3 aromatic rings. The lowest BCUT2D eigenvalue weighted by Gasteiger charge is -2.13. The van der Waals surface area contributed by atoms with Gasteiger partial charge >= 0.3 is 5.97 Å². The van der Waals surface area contributed by atoms with Crippen LogP contribution in [0.25, 0.3) is 0 Å². The van der Waals surface area contributed by atoms with E-state index in [-0.39, 0.29) is 16.4 Å². The van der Waals surface area contributed by atoms with E-state index in [1.807, 2.05) is 0 Å². The first-order chi connectivity index (χ1) is 14.3. The van der Waals surface area contributed by atoms with Gasteiger partial charge in [-0.05, 0) is 49.4 Å². The molecule has 0 fully saturated rings. The summed E-state index contributed by atoms with van der Waals surface area (Å²) in [6.45, 7) is 1.68. The largest absolute Gasteiger partial charge is 0.465 e. The molecule has 0 radical (unpaired) electrons. The van der Waals surface area contributed by atoms with E-state index in [2.05, 4.69) is 24.9 Å². The summed E-state index contributed by atoms with van der Waals surface area (Å²) in [7, 11) is -2.70. The zero-order valence-electron chi connectivity index (χ0n) is 16.1. The Kier molecular flexibility index (Phi) is 6.11. The maximum atomic E-state index is 12.6. The molecule has 0 aliphatic heterocycles. The van der Waals surface area contributed by atoms with Crippen molar-refractivity contribution in [2.45, 2.75) is 17.9 Å². The minimum Gasteiger partial charge on any atom is -0.465 e. The van der Waals surface area contributed by atoms with Crippen molar-refractivity contribution < 1.29 is 22.7 Å². The van der Waals surface area contributed by atoms with E-state index in [1.54, 1.807) is 19.1 Å². The zero-order valence-corrected chi connectivity index (χ0v) is 17.0. The number of nitrogens with one attached hydrogen (secondary N) is 2. The highest BCUT2D eigenvalue weighted by Gasteiger charge is 2.18. The molecular weight excluding hydrogens is 410 g/mol. The molecule has 0 aliphatic carbocycles. The Morgan fingerprint density at radius 2 is 1.80 bits per heavy atom. The molecule has 2 aromatic carbocycles. The van der Waals surface area contributed by atoms with Gasteiger partial charge in [0.1, 0.15) is 18.7 Å². The van der Waals surface area contributed by atoms with Crippen LogP contribution in [0.4, 0.5) is 11.4 Å². The minimum absolute atomic E-state index is 0.0792. The van der Waals surface area contributed by atoms with Crippen LogP contribution in [-0.4, -0.2) is 42.2 Å². The van der Waals surface area contributed by atoms with E-state index in [0.29, 0.717) is 11.4 Å². The first kappa shape index (κ1) is 21.0. The summed E-state index contributed by atoms with van der Waals surface area (Å²) in [5, 5.41) is 6.65. The molecule has 3 rings (SSSR count). The van der Waals surface area contributed by atoms with Gasteiger partial charge in [0.15, 0.2) is 0 Å². The Labute approximate surface area is 172 Å². The highest BCUT2D eigenvalue weighted by molar-refractivity contribution is 7.92. The average molecular weight is 429 g/mol. The number of nitrogens with zero attached hydrogens (tertiary/aromatic N) is 3. The third kappa shape index (κ3) is 4.81. The van der Waals surface area contributed by atoms with Crippen molar-refractivity contribution in [3.63, 3.8) is 0 Å². The number of sulfonamides is 1. The third-order valence-electron chi connectivity index (χ3n) is 4.18. The predicted octanol–water partition coefficient (Wildman–Crippen LogP) is 2.07. The van der Waals surface area contributed by atoms with E-state index in [9.17, 15) is 18.0 Å². The molecule has 1 amide bonds. The smallest absolute Gasteiger partial charge is 0.337 e. The molecule has 30 heavy (non-hydrogen) atoms. The fourth-order valence-corrected chi connectivity index (χ4v) is 3.63. The van der Waals surface area contributed by atoms with E-state index >= 15 is 0 Å². The van der Waals surface area contributed by atoms with E-state index < -0.39 is 22.0 Å². The molecule has 1 atom stereocenters. The van der Waals surface area contributed by atoms with Crippen LogP contribution in [0.1, 0.15) is 23.3 Å². The van der Waals surface area contributed by atoms with Crippen LogP contribution in [0.15, 0.2) is 66.1 Å². The number of methoxy groups -OCH3 is 1. The van der Waals surface area contributed by atoms with Crippen molar-refractivity contribution in [2.24, 2.45) is 0 Å². The monoisotopic (exact) mass is 429 g/mol. The van der Waals surface area contributed by atoms with Crippen molar-refractivity contribution in [3.8, 4) is 0 Å². The number of carbonyl (C=O) groups excluding carboxylic acids is 2. The van der Waals surface area contributed by atoms with Crippen LogP contribution in [-0.2, 0) is 19.6 Å². The van der Waals surface area contributed by atoms with Crippen molar-refractivity contribution in [1.82, 2.24) is 14.8 Å². The second-order valence-corrected chi connectivity index (χ2v) is 7.93. The number of hydrogen-bond donors (Lipinski definition) is 2. The summed E-state index contributed by atoms with van der Waals surface area (Å²) in [5.74, 6) is -0.930. The molecule has 10 nitrogen and oxygen atoms in total. The van der Waals surface area contributed by atoms with Gasteiger partial charge in [-0.1, -0.05) is 6.07 Å². The van der Waals surface area contributed by atoms with Crippen LogP contribution >= 0.6 is 0 Å². The van der Waals surface area contributed by atoms with Crippen molar-refractivity contribution in [2.75, 3.05) is 17.1 Å².